The average Bonchev–Trinajstić information content (AvgIpc) is 2.49. The number of carbonyl (C=O) groups is 1. The number of amides is 1. The Hall–Kier alpha value is -3.22. The molecule has 0 aliphatic heterocycles. The summed E-state index contributed by atoms with van der Waals surface area (Å²) in [4.78, 5) is 22.0. The number of nitrogens with zero attached hydrogens (tertiary/aromatic N) is 2. The van der Waals surface area contributed by atoms with E-state index < -0.39 is 10.8 Å². The minimum absolute atomic E-state index is 0.138. The summed E-state index contributed by atoms with van der Waals surface area (Å²) in [5, 5.41) is 24.0. The van der Waals surface area contributed by atoms with Crippen molar-refractivity contribution >= 4 is 17.8 Å². The van der Waals surface area contributed by atoms with Gasteiger partial charge in [0.25, 0.3) is 11.6 Å². The lowest BCUT2D eigenvalue weighted by molar-refractivity contribution is -0.384. The van der Waals surface area contributed by atoms with E-state index in [0.717, 1.165) is 11.8 Å². The number of carbonyl (C=O) groups excluding carboxylic acids is 1. The van der Waals surface area contributed by atoms with Crippen LogP contribution in [0.4, 0.5) is 5.69 Å². The van der Waals surface area contributed by atoms with Gasteiger partial charge in [-0.05, 0) is 24.6 Å². The number of phenolic OH excluding ortho intramolecular Hbond substituents is 1. The SMILES string of the molecule is Cc1ccccc1C(=O)NN=Cc1cc([N+](=O)[O-])ccc1O. The molecule has 0 fully saturated rings. The van der Waals surface area contributed by atoms with Gasteiger partial charge in [0.15, 0.2) is 0 Å². The number of aromatic hydroxyl groups is 1. The molecular formula is C15H13N3O4. The van der Waals surface area contributed by atoms with Crippen LogP contribution >= 0.6 is 0 Å². The Morgan fingerprint density at radius 2 is 2.05 bits per heavy atom. The van der Waals surface area contributed by atoms with E-state index in [2.05, 4.69) is 10.5 Å². The number of hydrogen-bond acceptors (Lipinski definition) is 5. The topological polar surface area (TPSA) is 105 Å². The molecule has 0 unspecified atom stereocenters. The van der Waals surface area contributed by atoms with Crippen LogP contribution in [0, 0.1) is 17.0 Å². The van der Waals surface area contributed by atoms with Crippen LogP contribution in [0.3, 0.4) is 0 Å². The van der Waals surface area contributed by atoms with Gasteiger partial charge < -0.3 is 5.11 Å². The van der Waals surface area contributed by atoms with Crippen molar-refractivity contribution in [1.29, 1.82) is 0 Å². The molecule has 112 valence electrons. The van der Waals surface area contributed by atoms with Gasteiger partial charge in [0.2, 0.25) is 0 Å². The van der Waals surface area contributed by atoms with Crippen molar-refractivity contribution in [2.75, 3.05) is 0 Å². The van der Waals surface area contributed by atoms with Crippen LogP contribution in [-0.4, -0.2) is 22.2 Å². The summed E-state index contributed by atoms with van der Waals surface area (Å²) in [6.45, 7) is 1.80. The van der Waals surface area contributed by atoms with Gasteiger partial charge in [0.1, 0.15) is 5.75 Å². The van der Waals surface area contributed by atoms with Crippen molar-refractivity contribution in [3.8, 4) is 5.75 Å². The smallest absolute Gasteiger partial charge is 0.271 e. The number of aryl methyl sites for hydroxylation is 1. The van der Waals surface area contributed by atoms with Crippen LogP contribution in [0.25, 0.3) is 0 Å². The van der Waals surface area contributed by atoms with E-state index in [0.29, 0.717) is 5.56 Å². The molecule has 1 amide bonds. The third-order valence-corrected chi connectivity index (χ3v) is 2.98. The molecular weight excluding hydrogens is 286 g/mol. The molecule has 7 nitrogen and oxygen atoms in total. The molecule has 0 aliphatic carbocycles. The molecule has 0 radical (unpaired) electrons. The highest BCUT2D eigenvalue weighted by atomic mass is 16.6. The molecule has 7 heteroatoms. The summed E-state index contributed by atoms with van der Waals surface area (Å²) in [6, 6.07) is 10.5. The summed E-state index contributed by atoms with van der Waals surface area (Å²) < 4.78 is 0. The molecule has 2 aromatic rings. The minimum Gasteiger partial charge on any atom is -0.507 e. The highest BCUT2D eigenvalue weighted by Gasteiger charge is 2.09. The molecule has 2 N–H and O–H groups in total. The lowest BCUT2D eigenvalue weighted by Gasteiger charge is -2.03. The predicted octanol–water partition coefficient (Wildman–Crippen LogP) is 2.37. The zero-order valence-electron chi connectivity index (χ0n) is 11.7. The first-order valence-corrected chi connectivity index (χ1v) is 6.35. The molecule has 0 spiro atoms. The van der Waals surface area contributed by atoms with Gasteiger partial charge >= 0.3 is 0 Å². The van der Waals surface area contributed by atoms with Crippen LogP contribution in [-0.2, 0) is 0 Å². The number of non-ortho nitro benzene ring substituents is 1. The second kappa shape index (κ2) is 6.49. The average molecular weight is 299 g/mol. The summed E-state index contributed by atoms with van der Waals surface area (Å²) in [5.41, 5.74) is 3.55. The van der Waals surface area contributed by atoms with Crippen molar-refractivity contribution < 1.29 is 14.8 Å². The van der Waals surface area contributed by atoms with Crippen LogP contribution in [0.15, 0.2) is 47.6 Å². The molecule has 2 rings (SSSR count). The molecule has 0 saturated carbocycles. The first kappa shape index (κ1) is 15.2. The maximum Gasteiger partial charge on any atom is 0.271 e. The molecule has 0 atom stereocenters. The van der Waals surface area contributed by atoms with Crippen molar-refractivity contribution in [3.63, 3.8) is 0 Å². The molecule has 0 aliphatic rings. The van der Waals surface area contributed by atoms with Gasteiger partial charge in [-0.1, -0.05) is 18.2 Å². The Kier molecular flexibility index (Phi) is 4.47. The van der Waals surface area contributed by atoms with E-state index in [4.69, 9.17) is 0 Å². The number of nitro groups is 1. The second-order valence-electron chi connectivity index (χ2n) is 4.51. The fraction of sp³-hybridized carbons (Fsp3) is 0.0667. The van der Waals surface area contributed by atoms with Crippen molar-refractivity contribution in [2.24, 2.45) is 5.10 Å². The Morgan fingerprint density at radius 1 is 1.32 bits per heavy atom. The number of hydrazone groups is 1. The third kappa shape index (κ3) is 3.45. The number of nitro benzene ring substituents is 1. The highest BCUT2D eigenvalue weighted by molar-refractivity contribution is 5.96. The predicted molar refractivity (Wildman–Crippen MR) is 81.0 cm³/mol. The van der Waals surface area contributed by atoms with Crippen LogP contribution in [0.5, 0.6) is 5.75 Å². The fourth-order valence-electron chi connectivity index (χ4n) is 1.81. The summed E-state index contributed by atoms with van der Waals surface area (Å²) >= 11 is 0. The number of phenols is 1. The molecule has 2 aromatic carbocycles. The van der Waals surface area contributed by atoms with Crippen LogP contribution < -0.4 is 5.43 Å². The van der Waals surface area contributed by atoms with Gasteiger partial charge in [-0.15, -0.1) is 0 Å². The highest BCUT2D eigenvalue weighted by Crippen LogP contribution is 2.21. The number of rotatable bonds is 4. The van der Waals surface area contributed by atoms with Crippen molar-refractivity contribution in [2.45, 2.75) is 6.92 Å². The largest absolute Gasteiger partial charge is 0.507 e. The second-order valence-corrected chi connectivity index (χ2v) is 4.51. The van der Waals surface area contributed by atoms with Gasteiger partial charge in [-0.2, -0.15) is 5.10 Å². The van der Waals surface area contributed by atoms with E-state index in [1.54, 1.807) is 25.1 Å². The van der Waals surface area contributed by atoms with Crippen molar-refractivity contribution in [1.82, 2.24) is 5.43 Å². The quantitative estimate of drug-likeness (QED) is 0.513. The standard InChI is InChI=1S/C15H13N3O4/c1-10-4-2-3-5-13(10)15(20)17-16-9-11-8-12(18(21)22)6-7-14(11)19/h2-9,19H,1H3,(H,17,20). The maximum atomic E-state index is 11.9. The zero-order chi connectivity index (χ0) is 16.1. The van der Waals surface area contributed by atoms with Crippen LogP contribution in [0.1, 0.15) is 21.5 Å². The first-order chi connectivity index (χ1) is 10.5. The van der Waals surface area contributed by atoms with E-state index >= 15 is 0 Å². The maximum absolute atomic E-state index is 11.9. The first-order valence-electron chi connectivity index (χ1n) is 6.35. The lowest BCUT2D eigenvalue weighted by Crippen LogP contribution is -2.18. The van der Waals surface area contributed by atoms with E-state index in [1.165, 1.54) is 18.2 Å². The van der Waals surface area contributed by atoms with Gasteiger partial charge in [-0.25, -0.2) is 5.43 Å². The van der Waals surface area contributed by atoms with Crippen molar-refractivity contribution in [3.05, 3.63) is 69.3 Å². The molecule has 0 bridgehead atoms. The fourth-order valence-corrected chi connectivity index (χ4v) is 1.81. The molecule has 22 heavy (non-hydrogen) atoms. The molecule has 0 heterocycles. The Morgan fingerprint density at radius 3 is 2.73 bits per heavy atom. The lowest BCUT2D eigenvalue weighted by atomic mass is 10.1. The Bertz CT molecular complexity index is 756. The normalized spacial score (nSPS) is 10.6. The number of benzene rings is 2. The summed E-state index contributed by atoms with van der Waals surface area (Å²) in [7, 11) is 0. The van der Waals surface area contributed by atoms with Crippen LogP contribution in [0.2, 0.25) is 0 Å². The third-order valence-electron chi connectivity index (χ3n) is 2.98. The Labute approximate surface area is 126 Å². The van der Waals surface area contributed by atoms with E-state index in [1.807, 2.05) is 6.07 Å². The number of nitrogens with one attached hydrogen (secondary N) is 1. The monoisotopic (exact) mass is 299 g/mol. The summed E-state index contributed by atoms with van der Waals surface area (Å²) in [6.07, 6.45) is 1.15. The van der Waals surface area contributed by atoms with E-state index in [9.17, 15) is 20.0 Å². The van der Waals surface area contributed by atoms with Gasteiger partial charge in [0, 0.05) is 23.3 Å². The van der Waals surface area contributed by atoms with Gasteiger partial charge in [0.05, 0.1) is 11.1 Å². The summed E-state index contributed by atoms with van der Waals surface area (Å²) in [5.74, 6) is -0.571. The van der Waals surface area contributed by atoms with E-state index in [-0.39, 0.29) is 17.0 Å². The zero-order valence-corrected chi connectivity index (χ0v) is 11.7. The minimum atomic E-state index is -0.581. The number of hydrogen-bond donors (Lipinski definition) is 2. The molecule has 0 aromatic heterocycles. The Balaban J connectivity index is 2.13. The van der Waals surface area contributed by atoms with Gasteiger partial charge in [-0.3, -0.25) is 14.9 Å². The molecule has 0 saturated heterocycles.